The molecule has 2 aliphatic heterocycles. The van der Waals surface area contributed by atoms with E-state index in [1.807, 2.05) is 19.1 Å². The van der Waals surface area contributed by atoms with Gasteiger partial charge in [0, 0.05) is 36.6 Å². The van der Waals surface area contributed by atoms with Gasteiger partial charge < -0.3 is 15.5 Å². The third kappa shape index (κ3) is 6.51. The summed E-state index contributed by atoms with van der Waals surface area (Å²) in [5.41, 5.74) is 12.4. The number of piperidine rings is 1. The molecule has 1 saturated heterocycles. The van der Waals surface area contributed by atoms with E-state index >= 15 is 0 Å². The summed E-state index contributed by atoms with van der Waals surface area (Å²) in [7, 11) is 4.31. The van der Waals surface area contributed by atoms with Crippen LogP contribution < -0.4 is 16.0 Å². The molecular weight excluding hydrogens is 484 g/mol. The van der Waals surface area contributed by atoms with Crippen molar-refractivity contribution in [1.82, 2.24) is 10.2 Å². The molecule has 0 bridgehead atoms. The molecule has 0 aliphatic carbocycles. The molecule has 3 N–H and O–H groups in total. The van der Waals surface area contributed by atoms with Gasteiger partial charge in [-0.2, -0.15) is 0 Å². The standard InChI is InChI=1S/C20H26N2.C13H16N2O2/c1-16(14-21(2)3)15-22-19-10-6-4-8-17(19)12-13-18-9-5-7-11-20(18)22;1-2-13(8-7-11(16)15-12(13)17)9-3-5-10(14)6-4-9/h4-11,16H,12-15H2,1-3H3;3-6H,2,7-8,14H2,1H3,(H,15,16,17). The van der Waals surface area contributed by atoms with Gasteiger partial charge in [0.15, 0.2) is 0 Å². The van der Waals surface area contributed by atoms with Gasteiger partial charge in [0.1, 0.15) is 0 Å². The highest BCUT2D eigenvalue weighted by Crippen LogP contribution is 2.37. The Morgan fingerprint density at radius 3 is 1.97 bits per heavy atom. The van der Waals surface area contributed by atoms with Crippen LogP contribution in [-0.2, 0) is 27.8 Å². The number of nitrogen functional groups attached to an aromatic ring is 1. The summed E-state index contributed by atoms with van der Waals surface area (Å²) < 4.78 is 0. The molecular formula is C33H42N4O2. The Morgan fingerprint density at radius 1 is 0.897 bits per heavy atom. The molecule has 39 heavy (non-hydrogen) atoms. The minimum atomic E-state index is -0.582. The first-order valence-corrected chi connectivity index (χ1v) is 14.0. The molecule has 2 atom stereocenters. The highest BCUT2D eigenvalue weighted by atomic mass is 16.2. The van der Waals surface area contributed by atoms with E-state index in [1.165, 1.54) is 22.5 Å². The zero-order valence-corrected chi connectivity index (χ0v) is 23.7. The van der Waals surface area contributed by atoms with E-state index in [2.05, 4.69) is 84.7 Å². The Labute approximate surface area is 233 Å². The van der Waals surface area contributed by atoms with Crippen LogP contribution in [-0.4, -0.2) is 43.9 Å². The number of para-hydroxylation sites is 2. The van der Waals surface area contributed by atoms with Crippen molar-refractivity contribution in [2.45, 2.75) is 51.4 Å². The van der Waals surface area contributed by atoms with Gasteiger partial charge in [-0.25, -0.2) is 0 Å². The zero-order chi connectivity index (χ0) is 28.0. The normalized spacial score (nSPS) is 19.3. The second-order valence-electron chi connectivity index (χ2n) is 11.2. The second kappa shape index (κ2) is 12.5. The Balaban J connectivity index is 0.000000187. The molecule has 3 aromatic carbocycles. The average molecular weight is 527 g/mol. The Kier molecular flexibility index (Phi) is 9.08. The number of carbonyl (C=O) groups excluding carboxylic acids is 2. The number of carbonyl (C=O) groups is 2. The summed E-state index contributed by atoms with van der Waals surface area (Å²) >= 11 is 0. The number of nitrogens with one attached hydrogen (secondary N) is 1. The molecule has 206 valence electrons. The summed E-state index contributed by atoms with van der Waals surface area (Å²) in [5, 5.41) is 2.43. The van der Waals surface area contributed by atoms with Crippen molar-refractivity contribution in [3.63, 3.8) is 0 Å². The quantitative estimate of drug-likeness (QED) is 0.329. The lowest BCUT2D eigenvalue weighted by molar-refractivity contribution is -0.138. The number of hydrogen-bond acceptors (Lipinski definition) is 5. The van der Waals surface area contributed by atoms with E-state index < -0.39 is 5.41 Å². The lowest BCUT2D eigenvalue weighted by Gasteiger charge is -2.34. The largest absolute Gasteiger partial charge is 0.399 e. The summed E-state index contributed by atoms with van der Waals surface area (Å²) in [6.45, 7) is 6.48. The molecule has 6 heteroatoms. The summed E-state index contributed by atoms with van der Waals surface area (Å²) in [6, 6.07) is 25.1. The fourth-order valence-corrected chi connectivity index (χ4v) is 5.93. The zero-order valence-electron chi connectivity index (χ0n) is 23.7. The maximum atomic E-state index is 12.1. The number of aryl methyl sites for hydroxylation is 2. The van der Waals surface area contributed by atoms with Crippen molar-refractivity contribution in [2.24, 2.45) is 5.92 Å². The highest BCUT2D eigenvalue weighted by Gasteiger charge is 2.42. The van der Waals surface area contributed by atoms with Crippen molar-refractivity contribution in [2.75, 3.05) is 37.8 Å². The number of amides is 2. The van der Waals surface area contributed by atoms with Crippen molar-refractivity contribution in [1.29, 1.82) is 0 Å². The first-order chi connectivity index (χ1) is 18.7. The monoisotopic (exact) mass is 526 g/mol. The average Bonchev–Trinajstić information content (AvgIpc) is 3.07. The van der Waals surface area contributed by atoms with Gasteiger partial charge in [0.25, 0.3) is 0 Å². The van der Waals surface area contributed by atoms with Gasteiger partial charge in [0.2, 0.25) is 11.8 Å². The number of rotatable bonds is 6. The van der Waals surface area contributed by atoms with Crippen LogP contribution in [0.3, 0.4) is 0 Å². The van der Waals surface area contributed by atoms with Gasteiger partial charge in [-0.05, 0) is 86.7 Å². The van der Waals surface area contributed by atoms with E-state index in [9.17, 15) is 9.59 Å². The molecule has 2 amide bonds. The highest BCUT2D eigenvalue weighted by molar-refractivity contribution is 6.03. The Morgan fingerprint density at radius 2 is 1.46 bits per heavy atom. The molecule has 2 heterocycles. The Hall–Kier alpha value is -3.64. The molecule has 2 aliphatic rings. The van der Waals surface area contributed by atoms with Crippen molar-refractivity contribution in [3.8, 4) is 0 Å². The van der Waals surface area contributed by atoms with E-state index in [-0.39, 0.29) is 11.8 Å². The SMILES string of the molecule is CC(CN(C)C)CN1c2ccccc2CCc2ccccc21.CCC1(c2ccc(N)cc2)CCC(=O)NC1=O. The topological polar surface area (TPSA) is 78.7 Å². The minimum Gasteiger partial charge on any atom is -0.399 e. The lowest BCUT2D eigenvalue weighted by Crippen LogP contribution is -2.51. The molecule has 0 saturated carbocycles. The molecule has 5 rings (SSSR count). The van der Waals surface area contributed by atoms with Gasteiger partial charge in [0.05, 0.1) is 5.41 Å². The maximum Gasteiger partial charge on any atom is 0.237 e. The lowest BCUT2D eigenvalue weighted by atomic mass is 9.72. The van der Waals surface area contributed by atoms with Crippen LogP contribution in [0.5, 0.6) is 0 Å². The minimum absolute atomic E-state index is 0.186. The fraction of sp³-hybridized carbons (Fsp3) is 0.394. The van der Waals surface area contributed by atoms with Gasteiger partial charge >= 0.3 is 0 Å². The van der Waals surface area contributed by atoms with Crippen LogP contribution in [0.2, 0.25) is 0 Å². The van der Waals surface area contributed by atoms with Crippen molar-refractivity contribution < 1.29 is 9.59 Å². The summed E-state index contributed by atoms with van der Waals surface area (Å²) in [5.74, 6) is 0.241. The predicted molar refractivity (Wildman–Crippen MR) is 160 cm³/mol. The third-order valence-corrected chi connectivity index (χ3v) is 7.93. The maximum absolute atomic E-state index is 12.1. The van der Waals surface area contributed by atoms with Gasteiger partial charge in [-0.1, -0.05) is 62.4 Å². The van der Waals surface area contributed by atoms with Crippen LogP contribution in [0.1, 0.15) is 49.8 Å². The van der Waals surface area contributed by atoms with Gasteiger partial charge in [-0.15, -0.1) is 0 Å². The van der Waals surface area contributed by atoms with Crippen LogP contribution >= 0.6 is 0 Å². The van der Waals surface area contributed by atoms with Crippen LogP contribution in [0.15, 0.2) is 72.8 Å². The van der Waals surface area contributed by atoms with E-state index in [0.717, 1.165) is 31.5 Å². The van der Waals surface area contributed by atoms with E-state index in [1.54, 1.807) is 12.1 Å². The van der Waals surface area contributed by atoms with E-state index in [4.69, 9.17) is 5.73 Å². The van der Waals surface area contributed by atoms with Crippen LogP contribution in [0.4, 0.5) is 17.1 Å². The Bertz CT molecular complexity index is 1240. The molecule has 3 aromatic rings. The van der Waals surface area contributed by atoms with Crippen LogP contribution in [0.25, 0.3) is 0 Å². The smallest absolute Gasteiger partial charge is 0.237 e. The number of nitrogens with zero attached hydrogens (tertiary/aromatic N) is 2. The molecule has 0 radical (unpaired) electrons. The first-order valence-electron chi connectivity index (χ1n) is 14.0. The fourth-order valence-electron chi connectivity index (χ4n) is 5.93. The number of fused-ring (bicyclic) bond motifs is 2. The number of nitrogens with two attached hydrogens (primary N) is 1. The molecule has 1 fully saturated rings. The van der Waals surface area contributed by atoms with Crippen LogP contribution in [0, 0.1) is 5.92 Å². The third-order valence-electron chi connectivity index (χ3n) is 7.93. The van der Waals surface area contributed by atoms with Gasteiger partial charge in [-0.3, -0.25) is 14.9 Å². The summed E-state index contributed by atoms with van der Waals surface area (Å²) in [4.78, 5) is 28.1. The van der Waals surface area contributed by atoms with Crippen molar-refractivity contribution >= 4 is 28.9 Å². The van der Waals surface area contributed by atoms with E-state index in [0.29, 0.717) is 30.9 Å². The first kappa shape index (κ1) is 28.4. The molecule has 6 nitrogen and oxygen atoms in total. The molecule has 0 spiro atoms. The predicted octanol–water partition coefficient (Wildman–Crippen LogP) is 5.47. The number of hydrogen-bond donors (Lipinski definition) is 2. The second-order valence-corrected chi connectivity index (χ2v) is 11.2. The number of imide groups is 1. The number of benzene rings is 3. The molecule has 0 aromatic heterocycles. The van der Waals surface area contributed by atoms with Crippen molar-refractivity contribution in [3.05, 3.63) is 89.5 Å². The molecule has 2 unspecified atom stereocenters. The summed E-state index contributed by atoms with van der Waals surface area (Å²) in [6.07, 6.45) is 3.90. The number of anilines is 3.